The Balaban J connectivity index is 0.00000196. The van der Waals surface area contributed by atoms with E-state index in [4.69, 9.17) is 10.5 Å². The molecule has 1 aliphatic carbocycles. The molecule has 5 heteroatoms. The molecule has 2 aliphatic rings. The second-order valence-electron chi connectivity index (χ2n) is 6.97. The van der Waals surface area contributed by atoms with Crippen molar-refractivity contribution in [1.82, 2.24) is 4.90 Å². The summed E-state index contributed by atoms with van der Waals surface area (Å²) in [5, 5.41) is 2.83. The highest BCUT2D eigenvalue weighted by atomic mass is 16.5. The molecule has 1 heterocycles. The Morgan fingerprint density at radius 3 is 2.46 bits per heavy atom. The second-order valence-corrected chi connectivity index (χ2v) is 6.97. The highest BCUT2D eigenvalue weighted by Gasteiger charge is 2.33. The van der Waals surface area contributed by atoms with E-state index in [0.717, 1.165) is 24.8 Å². The maximum atomic E-state index is 12.3. The average Bonchev–Trinajstić information content (AvgIpc) is 3.40. The van der Waals surface area contributed by atoms with Crippen molar-refractivity contribution in [2.75, 3.05) is 30.7 Å². The van der Waals surface area contributed by atoms with Crippen LogP contribution in [0, 0.1) is 5.92 Å². The van der Waals surface area contributed by atoms with Gasteiger partial charge in [0.1, 0.15) is 11.9 Å². The number of rotatable bonds is 6. The van der Waals surface area contributed by atoms with E-state index in [1.165, 1.54) is 19.4 Å². The first kappa shape index (κ1) is 18.3. The molecule has 26 heavy (non-hydrogen) atoms. The molecule has 2 aromatic carbocycles. The molecule has 5 nitrogen and oxygen atoms in total. The summed E-state index contributed by atoms with van der Waals surface area (Å²) in [7, 11) is 0. The van der Waals surface area contributed by atoms with E-state index in [-0.39, 0.29) is 19.4 Å². The van der Waals surface area contributed by atoms with Gasteiger partial charge in [-0.25, -0.2) is 0 Å². The van der Waals surface area contributed by atoms with Gasteiger partial charge in [0.05, 0.1) is 11.4 Å². The van der Waals surface area contributed by atoms with Crippen molar-refractivity contribution in [3.8, 4) is 5.75 Å². The fraction of sp³-hybridized carbons (Fsp3) is 0.381. The van der Waals surface area contributed by atoms with Gasteiger partial charge in [0.2, 0.25) is 0 Å². The van der Waals surface area contributed by atoms with Gasteiger partial charge in [0, 0.05) is 25.2 Å². The van der Waals surface area contributed by atoms with Crippen molar-refractivity contribution in [3.63, 3.8) is 0 Å². The second kappa shape index (κ2) is 7.79. The molecule has 3 N–H and O–H groups in total. The van der Waals surface area contributed by atoms with Crippen LogP contribution in [-0.2, 0) is 0 Å². The molecular formula is C21H27N3O2. The minimum Gasteiger partial charge on any atom is -0.488 e. The summed E-state index contributed by atoms with van der Waals surface area (Å²) >= 11 is 0. The Morgan fingerprint density at radius 2 is 1.81 bits per heavy atom. The predicted octanol–water partition coefficient (Wildman–Crippen LogP) is 3.63. The van der Waals surface area contributed by atoms with E-state index in [0.29, 0.717) is 16.9 Å². The topological polar surface area (TPSA) is 67.6 Å². The Bertz CT molecular complexity index is 750. The molecule has 0 aromatic heterocycles. The van der Waals surface area contributed by atoms with E-state index >= 15 is 0 Å². The van der Waals surface area contributed by atoms with Gasteiger partial charge in [-0.15, -0.1) is 0 Å². The number of carbonyl (C=O) groups excluding carboxylic acids is 1. The number of amides is 1. The highest BCUT2D eigenvalue weighted by Crippen LogP contribution is 2.31. The average molecular weight is 353 g/mol. The Labute approximate surface area is 155 Å². The van der Waals surface area contributed by atoms with Gasteiger partial charge in [-0.3, -0.25) is 9.69 Å². The zero-order valence-corrected chi connectivity index (χ0v) is 14.2. The van der Waals surface area contributed by atoms with Gasteiger partial charge < -0.3 is 15.8 Å². The van der Waals surface area contributed by atoms with Crippen LogP contribution in [-0.4, -0.2) is 36.5 Å². The largest absolute Gasteiger partial charge is 0.488 e. The van der Waals surface area contributed by atoms with Gasteiger partial charge in [0.25, 0.3) is 5.91 Å². The predicted molar refractivity (Wildman–Crippen MR) is 106 cm³/mol. The molecule has 1 saturated heterocycles. The van der Waals surface area contributed by atoms with Crippen molar-refractivity contribution in [3.05, 3.63) is 54.1 Å². The van der Waals surface area contributed by atoms with Crippen LogP contribution in [0.25, 0.3) is 0 Å². The molecule has 0 unspecified atom stereocenters. The van der Waals surface area contributed by atoms with Crippen LogP contribution in [0.4, 0.5) is 11.4 Å². The van der Waals surface area contributed by atoms with Crippen LogP contribution in [0.2, 0.25) is 0 Å². The number of carbonyl (C=O) groups is 1. The van der Waals surface area contributed by atoms with Crippen molar-refractivity contribution < 1.29 is 9.53 Å². The van der Waals surface area contributed by atoms with Crippen molar-refractivity contribution in [2.24, 2.45) is 5.92 Å². The molecule has 0 atom stereocenters. The molecule has 2 aromatic rings. The number of hydrogen-bond donors (Lipinski definition) is 2. The Hall–Kier alpha value is -2.53. The third-order valence-corrected chi connectivity index (χ3v) is 4.77. The van der Waals surface area contributed by atoms with Gasteiger partial charge in [-0.1, -0.05) is 19.6 Å². The Kier molecular flexibility index (Phi) is 5.47. The first-order chi connectivity index (χ1) is 12.2. The molecule has 0 spiro atoms. The van der Waals surface area contributed by atoms with E-state index in [9.17, 15) is 4.79 Å². The first-order valence-electron chi connectivity index (χ1n) is 8.82. The minimum absolute atomic E-state index is 0. The number of anilines is 2. The lowest BCUT2D eigenvalue weighted by molar-refractivity contribution is 0.0171. The summed E-state index contributed by atoms with van der Waals surface area (Å²) in [6, 6.07) is 14.5. The molecule has 0 radical (unpaired) electrons. The van der Waals surface area contributed by atoms with Crippen LogP contribution in [0.3, 0.4) is 0 Å². The quantitative estimate of drug-likeness (QED) is 0.778. The van der Waals surface area contributed by atoms with Gasteiger partial charge >= 0.3 is 0 Å². The number of nitrogens with one attached hydrogen (secondary N) is 1. The fourth-order valence-electron chi connectivity index (χ4n) is 3.09. The van der Waals surface area contributed by atoms with E-state index in [1.54, 1.807) is 24.3 Å². The van der Waals surface area contributed by atoms with E-state index in [2.05, 4.69) is 10.2 Å². The Morgan fingerprint density at radius 1 is 1.12 bits per heavy atom. The molecule has 0 bridgehead atoms. The molecule has 1 amide bonds. The smallest absolute Gasteiger partial charge is 0.255 e. The number of likely N-dealkylation sites (tertiary alicyclic amines) is 1. The number of nitrogens with two attached hydrogens (primary N) is 1. The van der Waals surface area contributed by atoms with Crippen LogP contribution in [0.5, 0.6) is 5.75 Å². The molecule has 1 aliphatic heterocycles. The minimum atomic E-state index is -0.177. The molecule has 138 valence electrons. The van der Waals surface area contributed by atoms with Crippen LogP contribution < -0.4 is 15.8 Å². The van der Waals surface area contributed by atoms with Crippen LogP contribution >= 0.6 is 0 Å². The monoisotopic (exact) mass is 353 g/mol. The summed E-state index contributed by atoms with van der Waals surface area (Å²) in [6.07, 6.45) is 3.04. The zero-order chi connectivity index (χ0) is 17.2. The summed E-state index contributed by atoms with van der Waals surface area (Å²) in [6.45, 7) is 3.24. The third kappa shape index (κ3) is 4.35. The third-order valence-electron chi connectivity index (χ3n) is 4.77. The van der Waals surface area contributed by atoms with Crippen LogP contribution in [0.15, 0.2) is 48.5 Å². The summed E-state index contributed by atoms with van der Waals surface area (Å²) in [5.41, 5.74) is 7.61. The molecule has 2 fully saturated rings. The van der Waals surface area contributed by atoms with Gasteiger partial charge in [-0.05, 0) is 55.2 Å². The SMILES string of the molecule is C.Nc1ccccc1NC(=O)c1ccc(OC2CN(CC3CC3)C2)cc1. The number of nitrogens with zero attached hydrogens (tertiary/aromatic N) is 1. The number of benzene rings is 2. The number of hydrogen-bond acceptors (Lipinski definition) is 4. The molecule has 1 saturated carbocycles. The summed E-state index contributed by atoms with van der Waals surface area (Å²) < 4.78 is 5.96. The zero-order valence-electron chi connectivity index (χ0n) is 14.2. The number of para-hydroxylation sites is 2. The maximum absolute atomic E-state index is 12.3. The first-order valence-corrected chi connectivity index (χ1v) is 8.82. The van der Waals surface area contributed by atoms with Gasteiger partial charge in [-0.2, -0.15) is 0 Å². The normalized spacial score (nSPS) is 17.1. The number of ether oxygens (including phenoxy) is 1. The number of nitrogen functional groups attached to an aromatic ring is 1. The molecular weight excluding hydrogens is 326 g/mol. The lowest BCUT2D eigenvalue weighted by Gasteiger charge is -2.39. The maximum Gasteiger partial charge on any atom is 0.255 e. The van der Waals surface area contributed by atoms with Crippen molar-refractivity contribution >= 4 is 17.3 Å². The standard InChI is InChI=1S/C20H23N3O2.CH4/c21-18-3-1-2-4-19(18)22-20(24)15-7-9-16(10-8-15)25-17-12-23(13-17)11-14-5-6-14;/h1-4,7-10,14,17H,5-6,11-13,21H2,(H,22,24);1H4. The van der Waals surface area contributed by atoms with Crippen molar-refractivity contribution in [1.29, 1.82) is 0 Å². The van der Waals surface area contributed by atoms with E-state index < -0.39 is 0 Å². The molecule has 4 rings (SSSR count). The summed E-state index contributed by atoms with van der Waals surface area (Å²) in [4.78, 5) is 14.8. The van der Waals surface area contributed by atoms with E-state index in [1.807, 2.05) is 24.3 Å². The van der Waals surface area contributed by atoms with Crippen LogP contribution in [0.1, 0.15) is 30.6 Å². The highest BCUT2D eigenvalue weighted by molar-refractivity contribution is 6.05. The fourth-order valence-corrected chi connectivity index (χ4v) is 3.09. The lowest BCUT2D eigenvalue weighted by atomic mass is 10.1. The van der Waals surface area contributed by atoms with Gasteiger partial charge in [0.15, 0.2) is 0 Å². The van der Waals surface area contributed by atoms with Crippen molar-refractivity contribution in [2.45, 2.75) is 26.4 Å². The summed E-state index contributed by atoms with van der Waals surface area (Å²) in [5.74, 6) is 1.56. The lowest BCUT2D eigenvalue weighted by Crippen LogP contribution is -2.54.